The van der Waals surface area contributed by atoms with Crippen molar-refractivity contribution in [3.8, 4) is 0 Å². The summed E-state index contributed by atoms with van der Waals surface area (Å²) in [5.41, 5.74) is 6.21. The Labute approximate surface area is 128 Å². The van der Waals surface area contributed by atoms with Crippen LogP contribution >= 0.6 is 0 Å². The molecule has 1 aromatic heterocycles. The molecule has 0 aliphatic carbocycles. The quantitative estimate of drug-likeness (QED) is 0.945. The van der Waals surface area contributed by atoms with Crippen LogP contribution < -0.4 is 10.6 Å². The Hall–Kier alpha value is -2.08. The molecule has 3 rings (SSSR count). The minimum Gasteiger partial charge on any atom is -0.341 e. The van der Waals surface area contributed by atoms with E-state index in [2.05, 4.69) is 14.9 Å². The van der Waals surface area contributed by atoms with Crippen LogP contribution in [0.2, 0.25) is 0 Å². The summed E-state index contributed by atoms with van der Waals surface area (Å²) in [5, 5.41) is 0. The summed E-state index contributed by atoms with van der Waals surface area (Å²) >= 11 is 0. The lowest BCUT2D eigenvalue weighted by Crippen LogP contribution is -2.47. The summed E-state index contributed by atoms with van der Waals surface area (Å²) in [6.45, 7) is 1.78. The largest absolute Gasteiger partial charge is 0.341 e. The van der Waals surface area contributed by atoms with Gasteiger partial charge in [0.2, 0.25) is 5.95 Å². The van der Waals surface area contributed by atoms with Gasteiger partial charge in [0.15, 0.2) is 0 Å². The Morgan fingerprint density at radius 1 is 1.05 bits per heavy atom. The first-order chi connectivity index (χ1) is 10.6. The fourth-order valence-corrected chi connectivity index (χ4v) is 3.06. The van der Waals surface area contributed by atoms with Crippen molar-refractivity contribution in [1.29, 1.82) is 0 Å². The Balaban J connectivity index is 1.82. The maximum Gasteiger partial charge on any atom is 0.225 e. The molecule has 2 N–H and O–H groups in total. The van der Waals surface area contributed by atoms with E-state index in [1.54, 1.807) is 18.5 Å². The molecule has 1 saturated heterocycles. The van der Waals surface area contributed by atoms with E-state index in [-0.39, 0.29) is 0 Å². The summed E-state index contributed by atoms with van der Waals surface area (Å²) < 4.78 is 27.0. The first-order valence-corrected chi connectivity index (χ1v) is 7.32. The summed E-state index contributed by atoms with van der Waals surface area (Å²) in [6, 6.07) is 5.45. The van der Waals surface area contributed by atoms with Crippen LogP contribution in [-0.2, 0) is 5.41 Å². The Bertz CT molecular complexity index is 620. The van der Waals surface area contributed by atoms with E-state index >= 15 is 0 Å². The van der Waals surface area contributed by atoms with Gasteiger partial charge in [-0.05, 0) is 36.6 Å². The molecule has 0 saturated carbocycles. The zero-order valence-corrected chi connectivity index (χ0v) is 12.2. The molecule has 0 bridgehead atoms. The fourth-order valence-electron chi connectivity index (χ4n) is 3.06. The van der Waals surface area contributed by atoms with Crippen molar-refractivity contribution in [1.82, 2.24) is 9.97 Å². The number of benzene rings is 1. The number of nitrogens with zero attached hydrogens (tertiary/aromatic N) is 3. The van der Waals surface area contributed by atoms with Gasteiger partial charge in [-0.1, -0.05) is 0 Å². The molecule has 1 aliphatic rings. The van der Waals surface area contributed by atoms with Crippen LogP contribution in [-0.4, -0.2) is 29.6 Å². The second kappa shape index (κ2) is 5.96. The molecule has 2 aromatic rings. The Morgan fingerprint density at radius 2 is 1.64 bits per heavy atom. The molecule has 6 heteroatoms. The number of piperidine rings is 1. The van der Waals surface area contributed by atoms with E-state index in [1.807, 2.05) is 0 Å². The molecule has 0 unspecified atom stereocenters. The van der Waals surface area contributed by atoms with Crippen molar-refractivity contribution in [3.05, 3.63) is 53.9 Å². The molecule has 1 aromatic carbocycles. The Kier molecular flexibility index (Phi) is 4.02. The van der Waals surface area contributed by atoms with Crippen molar-refractivity contribution >= 4 is 5.95 Å². The summed E-state index contributed by atoms with van der Waals surface area (Å²) in [5.74, 6) is -0.438. The maximum atomic E-state index is 13.5. The van der Waals surface area contributed by atoms with Crippen LogP contribution in [0.3, 0.4) is 0 Å². The van der Waals surface area contributed by atoms with Crippen LogP contribution in [0.5, 0.6) is 0 Å². The normalized spacial score (nSPS) is 17.5. The number of aromatic nitrogens is 2. The molecule has 0 amide bonds. The average Bonchev–Trinajstić information content (AvgIpc) is 2.55. The van der Waals surface area contributed by atoms with Crippen LogP contribution in [0.1, 0.15) is 18.4 Å². The highest BCUT2D eigenvalue weighted by atomic mass is 19.1. The topological polar surface area (TPSA) is 55.0 Å². The first-order valence-electron chi connectivity index (χ1n) is 7.32. The van der Waals surface area contributed by atoms with Crippen LogP contribution in [0.15, 0.2) is 36.7 Å². The molecule has 22 heavy (non-hydrogen) atoms. The lowest BCUT2D eigenvalue weighted by atomic mass is 9.73. The first kappa shape index (κ1) is 14.8. The fraction of sp³-hybridized carbons (Fsp3) is 0.375. The van der Waals surface area contributed by atoms with E-state index in [1.165, 1.54) is 12.1 Å². The predicted octanol–water partition coefficient (Wildman–Crippen LogP) is 2.25. The summed E-state index contributed by atoms with van der Waals surface area (Å²) in [4.78, 5) is 10.6. The van der Waals surface area contributed by atoms with E-state index in [9.17, 15) is 8.78 Å². The predicted molar refractivity (Wildman–Crippen MR) is 80.6 cm³/mol. The van der Waals surface area contributed by atoms with E-state index in [0.29, 0.717) is 44.0 Å². The van der Waals surface area contributed by atoms with Gasteiger partial charge >= 0.3 is 0 Å². The van der Waals surface area contributed by atoms with Gasteiger partial charge in [0.1, 0.15) is 11.6 Å². The molecule has 1 aliphatic heterocycles. The molecule has 0 atom stereocenters. The summed E-state index contributed by atoms with van der Waals surface area (Å²) in [7, 11) is 0. The van der Waals surface area contributed by atoms with Gasteiger partial charge < -0.3 is 10.6 Å². The number of halogens is 2. The molecule has 1 fully saturated rings. The minimum absolute atomic E-state index is 0.360. The third kappa shape index (κ3) is 2.78. The maximum absolute atomic E-state index is 13.5. The highest BCUT2D eigenvalue weighted by Crippen LogP contribution is 2.36. The highest BCUT2D eigenvalue weighted by molar-refractivity contribution is 5.34. The smallest absolute Gasteiger partial charge is 0.225 e. The zero-order chi connectivity index (χ0) is 15.6. The highest BCUT2D eigenvalue weighted by Gasteiger charge is 2.36. The summed E-state index contributed by atoms with van der Waals surface area (Å²) in [6.07, 6.45) is 4.83. The number of nitrogens with two attached hydrogens (primary N) is 1. The second-order valence-electron chi connectivity index (χ2n) is 5.68. The van der Waals surface area contributed by atoms with E-state index in [0.717, 1.165) is 6.07 Å². The zero-order valence-electron chi connectivity index (χ0n) is 12.2. The van der Waals surface area contributed by atoms with Gasteiger partial charge in [-0.2, -0.15) is 0 Å². The second-order valence-corrected chi connectivity index (χ2v) is 5.68. The Morgan fingerprint density at radius 3 is 2.18 bits per heavy atom. The van der Waals surface area contributed by atoms with Gasteiger partial charge in [0, 0.05) is 43.5 Å². The van der Waals surface area contributed by atoms with Crippen molar-refractivity contribution in [2.45, 2.75) is 18.3 Å². The van der Waals surface area contributed by atoms with E-state index < -0.39 is 17.0 Å². The number of rotatable bonds is 3. The average molecular weight is 304 g/mol. The molecular formula is C16H18F2N4. The van der Waals surface area contributed by atoms with Crippen molar-refractivity contribution in [2.75, 3.05) is 24.5 Å². The van der Waals surface area contributed by atoms with Gasteiger partial charge in [-0.25, -0.2) is 18.7 Å². The monoisotopic (exact) mass is 304 g/mol. The molecular weight excluding hydrogens is 286 g/mol. The molecule has 0 radical (unpaired) electrons. The van der Waals surface area contributed by atoms with Crippen LogP contribution in [0.4, 0.5) is 14.7 Å². The van der Waals surface area contributed by atoms with E-state index in [4.69, 9.17) is 5.73 Å². The van der Waals surface area contributed by atoms with Crippen LogP contribution in [0.25, 0.3) is 0 Å². The van der Waals surface area contributed by atoms with Crippen molar-refractivity contribution < 1.29 is 8.78 Å². The number of hydrogen-bond acceptors (Lipinski definition) is 4. The number of hydrogen-bond donors (Lipinski definition) is 1. The van der Waals surface area contributed by atoms with Gasteiger partial charge in [-0.15, -0.1) is 0 Å². The lowest BCUT2D eigenvalue weighted by molar-refractivity contribution is 0.335. The van der Waals surface area contributed by atoms with Gasteiger partial charge in [-0.3, -0.25) is 0 Å². The number of anilines is 1. The van der Waals surface area contributed by atoms with Gasteiger partial charge in [0.25, 0.3) is 0 Å². The molecule has 0 spiro atoms. The molecule has 116 valence electrons. The standard InChI is InChI=1S/C16H18F2N4/c17-13-8-12(9-14(18)10-13)16(11-19)2-6-22(7-3-16)15-20-4-1-5-21-15/h1,4-5,8-10H,2-3,6-7,11,19H2. The SMILES string of the molecule is NCC1(c2cc(F)cc(F)c2)CCN(c2ncccn2)CC1. The van der Waals surface area contributed by atoms with Crippen molar-refractivity contribution in [3.63, 3.8) is 0 Å². The molecule has 2 heterocycles. The minimum atomic E-state index is -0.559. The van der Waals surface area contributed by atoms with Crippen LogP contribution in [0, 0.1) is 11.6 Å². The van der Waals surface area contributed by atoms with Crippen molar-refractivity contribution in [2.24, 2.45) is 5.73 Å². The molecule has 4 nitrogen and oxygen atoms in total. The van der Waals surface area contributed by atoms with Gasteiger partial charge in [0.05, 0.1) is 0 Å². The third-order valence-electron chi connectivity index (χ3n) is 4.42. The lowest BCUT2D eigenvalue weighted by Gasteiger charge is -2.41. The third-order valence-corrected chi connectivity index (χ3v) is 4.42.